The van der Waals surface area contributed by atoms with Crippen molar-refractivity contribution in [1.29, 1.82) is 0 Å². The summed E-state index contributed by atoms with van der Waals surface area (Å²) in [6.07, 6.45) is 3.47. The summed E-state index contributed by atoms with van der Waals surface area (Å²) in [4.78, 5) is 52.2. The first-order valence-corrected chi connectivity index (χ1v) is 20.4. The van der Waals surface area contributed by atoms with Crippen molar-refractivity contribution in [2.75, 3.05) is 75.2 Å². The molecule has 6 aromatic rings. The van der Waals surface area contributed by atoms with E-state index in [0.29, 0.717) is 13.1 Å². The Balaban J connectivity index is 0.000000479. The molecule has 2 aromatic carbocycles. The summed E-state index contributed by atoms with van der Waals surface area (Å²) in [6.45, 7) is 14.1. The van der Waals surface area contributed by atoms with Crippen LogP contribution in [0.15, 0.2) is 73.1 Å². The summed E-state index contributed by atoms with van der Waals surface area (Å²) in [6, 6.07) is 19.9. The first-order valence-electron chi connectivity index (χ1n) is 19.8. The fourth-order valence-corrected chi connectivity index (χ4v) is 7.05. The molecule has 2 fully saturated rings. The van der Waals surface area contributed by atoms with Gasteiger partial charge in [-0.25, -0.2) is 14.6 Å². The minimum Gasteiger partial charge on any atom is -1.00 e. The number of rotatable bonds is 6. The Morgan fingerprint density at radius 1 is 0.825 bits per heavy atom. The molecule has 0 unspecified atom stereocenters. The van der Waals surface area contributed by atoms with Gasteiger partial charge in [0.05, 0.1) is 14.2 Å². The number of hydrogen-bond donors (Lipinski definition) is 1. The Morgan fingerprint density at radius 2 is 1.30 bits per heavy atom. The third-order valence-electron chi connectivity index (χ3n) is 9.93. The molecule has 63 heavy (non-hydrogen) atoms. The molecule has 0 aliphatic carbocycles. The second-order valence-corrected chi connectivity index (χ2v) is 14.9. The molecule has 0 saturated carbocycles. The van der Waals surface area contributed by atoms with E-state index >= 15 is 0 Å². The maximum atomic E-state index is 12.8. The van der Waals surface area contributed by atoms with Crippen molar-refractivity contribution in [3.63, 3.8) is 0 Å². The molecule has 21 heteroatoms. The van der Waals surface area contributed by atoms with Crippen LogP contribution >= 0.6 is 34.8 Å². The number of carbonyl (C=O) groups is 3. The standard InChI is InChI=1S/C20H22ClN5O.C13H16Cl2N2O.C7H7N3.CH3F.CH2O3.2K.H/c1-14-12-16(5-6-18(14)21)24-8-10-25(11-9-24)19(27)13-26-20-17(15(2)23-26)4-3-7-22-20;1-10-8-11(2-3-12(10)15)16-4-6-17(7-5-16)13(18)9-14;1-5-6-3-2-4-8-7(6)10-9-5;1-2;2-1-4-3;;;/h3-7,12H,8-11,13H2,1-2H3;2-3,8H,4-7,9H2,1H3;2-4H,1H3,(H,8,9,10);1H3;1,3H;;;/q;;;;;2*+1;-1/p-1/i;;;1D;;;;. The van der Waals surface area contributed by atoms with Gasteiger partial charge in [0.1, 0.15) is 12.4 Å². The van der Waals surface area contributed by atoms with Crippen LogP contribution in [0, 0.1) is 27.7 Å². The van der Waals surface area contributed by atoms with Gasteiger partial charge in [-0.1, -0.05) is 23.2 Å². The third kappa shape index (κ3) is 16.5. The second-order valence-electron chi connectivity index (χ2n) is 13.8. The average molecular weight is 979 g/mol. The number of aromatic nitrogens is 6. The number of piperazine rings is 2. The first-order chi connectivity index (χ1) is 29.8. The normalized spacial score (nSPS) is 13.2. The van der Waals surface area contributed by atoms with Gasteiger partial charge in [-0.3, -0.25) is 23.9 Å². The van der Waals surface area contributed by atoms with Crippen LogP contribution in [0.2, 0.25) is 10.0 Å². The van der Waals surface area contributed by atoms with E-state index in [9.17, 15) is 14.0 Å². The molecular formula is C42H50Cl3FK2N10O5. The number of benzene rings is 2. The number of pyridine rings is 2. The predicted octanol–water partition coefficient (Wildman–Crippen LogP) is -0.00662. The molecule has 2 aliphatic heterocycles. The van der Waals surface area contributed by atoms with Crippen LogP contribution in [0.25, 0.3) is 22.1 Å². The number of halogens is 4. The monoisotopic (exact) mass is 977 g/mol. The van der Waals surface area contributed by atoms with E-state index in [1.807, 2.05) is 86.0 Å². The Bertz CT molecular complexity index is 2390. The van der Waals surface area contributed by atoms with E-state index < -0.39 is 7.15 Å². The van der Waals surface area contributed by atoms with Crippen molar-refractivity contribution in [3.05, 3.63) is 106 Å². The number of alkyl halides is 2. The summed E-state index contributed by atoms with van der Waals surface area (Å²) >= 11 is 17.7. The van der Waals surface area contributed by atoms with Crippen LogP contribution in [0.3, 0.4) is 0 Å². The zero-order chi connectivity index (χ0) is 45.2. The number of nitrogens with zero attached hydrogens (tertiary/aromatic N) is 9. The maximum absolute atomic E-state index is 12.8. The summed E-state index contributed by atoms with van der Waals surface area (Å²) in [7, 11) is -1.00. The zero-order valence-electron chi connectivity index (χ0n) is 38.4. The minimum atomic E-state index is -1.00. The largest absolute Gasteiger partial charge is 1.00 e. The summed E-state index contributed by atoms with van der Waals surface area (Å²) < 4.78 is 17.2. The van der Waals surface area contributed by atoms with Crippen LogP contribution in [-0.4, -0.2) is 123 Å². The summed E-state index contributed by atoms with van der Waals surface area (Å²) in [5.41, 5.74) is 7.99. The third-order valence-corrected chi connectivity index (χ3v) is 11.0. The van der Waals surface area contributed by atoms with Gasteiger partial charge >= 0.3 is 103 Å². The van der Waals surface area contributed by atoms with Crippen molar-refractivity contribution in [1.82, 2.24) is 39.7 Å². The van der Waals surface area contributed by atoms with Gasteiger partial charge in [0.15, 0.2) is 11.3 Å². The van der Waals surface area contributed by atoms with Gasteiger partial charge in [-0.05, 0) is 99.5 Å². The second kappa shape index (κ2) is 29.4. The molecule has 8 rings (SSSR count). The van der Waals surface area contributed by atoms with Gasteiger partial charge in [-0.15, -0.1) is 11.6 Å². The molecule has 15 nitrogen and oxygen atoms in total. The molecule has 0 bridgehead atoms. The van der Waals surface area contributed by atoms with Gasteiger partial charge in [0, 0.05) is 103 Å². The van der Waals surface area contributed by atoms with Crippen LogP contribution in [0.5, 0.6) is 0 Å². The smallest absolute Gasteiger partial charge is 1.00 e. The van der Waals surface area contributed by atoms with Crippen molar-refractivity contribution in [2.24, 2.45) is 0 Å². The fourth-order valence-electron chi connectivity index (χ4n) is 6.65. The van der Waals surface area contributed by atoms with Crippen LogP contribution in [-0.2, 0) is 25.8 Å². The topological polar surface area (TPSA) is 169 Å². The first kappa shape index (κ1) is 55.1. The van der Waals surface area contributed by atoms with Gasteiger partial charge < -0.3 is 31.2 Å². The van der Waals surface area contributed by atoms with E-state index in [2.05, 4.69) is 52.1 Å². The number of hydrogen-bond acceptors (Lipinski definition) is 11. The SMILES string of the molecule is Cc1[nH]nc2ncccc12.Cc1cc(N2CCN(C(=O)CCl)CC2)ccc1Cl.Cc1cc(N2CCN(C(=O)Cn3nc(C)c4cccnc43)CC2)ccc1Cl.O=CO[O-].[2H]CF.[H-].[K+].[K+]. The molecule has 6 heterocycles. The molecule has 1 N–H and O–H groups in total. The van der Waals surface area contributed by atoms with E-state index in [4.69, 9.17) is 46.2 Å². The number of amides is 2. The quantitative estimate of drug-likeness (QED) is 0.0785. The van der Waals surface area contributed by atoms with Crippen LogP contribution in [0.1, 0.15) is 25.3 Å². The summed E-state index contributed by atoms with van der Waals surface area (Å²) in [5, 5.41) is 23.4. The molecule has 328 valence electrons. The molecule has 0 spiro atoms. The van der Waals surface area contributed by atoms with E-state index in [1.165, 1.54) is 0 Å². The number of anilines is 2. The number of carbonyl (C=O) groups excluding carboxylic acids is 3. The number of fused-ring (bicyclic) bond motifs is 2. The predicted molar refractivity (Wildman–Crippen MR) is 237 cm³/mol. The molecule has 2 aliphatic rings. The number of aromatic amines is 1. The van der Waals surface area contributed by atoms with Crippen LogP contribution in [0.4, 0.5) is 15.8 Å². The van der Waals surface area contributed by atoms with Crippen molar-refractivity contribution in [2.45, 2.75) is 34.2 Å². The molecule has 4 aromatic heterocycles. The van der Waals surface area contributed by atoms with Gasteiger partial charge in [-0.2, -0.15) is 10.2 Å². The molecule has 2 amide bonds. The van der Waals surface area contributed by atoms with Crippen molar-refractivity contribution >= 4 is 86.5 Å². The Morgan fingerprint density at radius 3 is 1.76 bits per heavy atom. The zero-order valence-corrected chi connectivity index (χ0v) is 44.9. The van der Waals surface area contributed by atoms with Gasteiger partial charge in [0.25, 0.3) is 6.47 Å². The van der Waals surface area contributed by atoms with Crippen molar-refractivity contribution < 1.29 is 134 Å². The molecule has 0 radical (unpaired) electrons. The maximum Gasteiger partial charge on any atom is 1.00 e. The number of nitrogens with one attached hydrogen (secondary N) is 1. The van der Waals surface area contributed by atoms with Gasteiger partial charge in [0.2, 0.25) is 11.8 Å². The molecule has 2 saturated heterocycles. The van der Waals surface area contributed by atoms with E-state index in [0.717, 1.165) is 105 Å². The summed E-state index contributed by atoms with van der Waals surface area (Å²) in [5.74, 6) is 0.167. The molecule has 0 atom stereocenters. The number of H-pyrrole nitrogens is 1. The molecular weight excluding hydrogens is 928 g/mol. The van der Waals surface area contributed by atoms with E-state index in [1.54, 1.807) is 17.1 Å². The Hall–Kier alpha value is -2.28. The van der Waals surface area contributed by atoms with E-state index in [-0.39, 0.29) is 135 Å². The fraction of sp³-hybridized carbons (Fsp3) is 0.357. The number of aryl methyl sites for hydroxylation is 4. The average Bonchev–Trinajstić information content (AvgIpc) is 3.84. The van der Waals surface area contributed by atoms with Crippen LogP contribution < -0.4 is 118 Å². The Kier molecular flexibility index (Phi) is 25.7. The van der Waals surface area contributed by atoms with Crippen molar-refractivity contribution in [3.8, 4) is 0 Å². The Labute approximate surface area is 469 Å². The minimum absolute atomic E-state index is 0.